The quantitative estimate of drug-likeness (QED) is 0.406. The topological polar surface area (TPSA) is 97.1 Å². The van der Waals surface area contributed by atoms with Crippen molar-refractivity contribution < 1.29 is 12.9 Å². The molecule has 0 saturated carbocycles. The molecular weight excluding hydrogens is 424 g/mol. The van der Waals surface area contributed by atoms with Crippen LogP contribution in [0.3, 0.4) is 0 Å². The number of anilines is 2. The second kappa shape index (κ2) is 10.2. The minimum absolute atomic E-state index is 0.112. The van der Waals surface area contributed by atoms with E-state index >= 15 is 0 Å². The Kier molecular flexibility index (Phi) is 7.56. The molecule has 0 atom stereocenters. The molecule has 3 aromatic rings. The number of rotatable bonds is 10. The summed E-state index contributed by atoms with van der Waals surface area (Å²) in [6.45, 7) is 7.09. The number of benzene rings is 2. The zero-order valence-corrected chi connectivity index (χ0v) is 20.0. The van der Waals surface area contributed by atoms with Crippen LogP contribution in [0, 0.1) is 0 Å². The number of hydrogen-bond acceptors (Lipinski definition) is 6. The number of nitrogens with one attached hydrogen (secondary N) is 2. The highest BCUT2D eigenvalue weighted by molar-refractivity contribution is 7.92. The number of sulfonamides is 1. The molecule has 0 spiro atoms. The number of aryl methyl sites for hydroxylation is 1. The van der Waals surface area contributed by atoms with Gasteiger partial charge in [0.15, 0.2) is 5.82 Å². The van der Waals surface area contributed by atoms with Gasteiger partial charge in [-0.3, -0.25) is 4.72 Å². The van der Waals surface area contributed by atoms with E-state index in [0.29, 0.717) is 11.6 Å². The minimum Gasteiger partial charge on any atom is -0.385 e. The van der Waals surface area contributed by atoms with Crippen molar-refractivity contribution in [3.8, 4) is 11.1 Å². The Morgan fingerprint density at radius 3 is 2.34 bits per heavy atom. The van der Waals surface area contributed by atoms with Gasteiger partial charge in [0, 0.05) is 29.8 Å². The fraction of sp³-hybridized carbons (Fsp3) is 0.417. The van der Waals surface area contributed by atoms with Crippen LogP contribution in [-0.2, 0) is 21.9 Å². The van der Waals surface area contributed by atoms with E-state index in [1.807, 2.05) is 24.3 Å². The molecule has 32 heavy (non-hydrogen) atoms. The zero-order valence-electron chi connectivity index (χ0n) is 19.2. The maximum atomic E-state index is 11.3. The van der Waals surface area contributed by atoms with Crippen molar-refractivity contribution in [2.24, 2.45) is 0 Å². The van der Waals surface area contributed by atoms with Gasteiger partial charge >= 0.3 is 0 Å². The summed E-state index contributed by atoms with van der Waals surface area (Å²) < 4.78 is 30.5. The van der Waals surface area contributed by atoms with Gasteiger partial charge < -0.3 is 9.84 Å². The fourth-order valence-electron chi connectivity index (χ4n) is 3.23. The number of unbranched alkanes of at least 4 members (excludes halogenated alkanes) is 2. The first-order valence-corrected chi connectivity index (χ1v) is 12.7. The monoisotopic (exact) mass is 456 g/mol. The maximum absolute atomic E-state index is 11.3. The van der Waals surface area contributed by atoms with Gasteiger partial charge in [-0.05, 0) is 48.2 Å². The molecule has 0 fully saturated rings. The van der Waals surface area contributed by atoms with Crippen molar-refractivity contribution in [2.45, 2.75) is 51.9 Å². The molecule has 1 aromatic heterocycles. The van der Waals surface area contributed by atoms with Crippen molar-refractivity contribution in [2.75, 3.05) is 22.8 Å². The molecule has 0 amide bonds. The average Bonchev–Trinajstić information content (AvgIpc) is 3.20. The summed E-state index contributed by atoms with van der Waals surface area (Å²) in [6, 6.07) is 15.6. The molecule has 0 bridgehead atoms. The van der Waals surface area contributed by atoms with E-state index in [-0.39, 0.29) is 5.41 Å². The Labute approximate surface area is 190 Å². The highest BCUT2D eigenvalue weighted by Crippen LogP contribution is 2.25. The van der Waals surface area contributed by atoms with Crippen LogP contribution in [0.25, 0.3) is 11.1 Å². The van der Waals surface area contributed by atoms with Crippen LogP contribution in [0.1, 0.15) is 51.7 Å². The smallest absolute Gasteiger partial charge is 0.232 e. The average molecular weight is 457 g/mol. The summed E-state index contributed by atoms with van der Waals surface area (Å²) in [4.78, 5) is 4.48. The molecule has 3 rings (SSSR count). The minimum atomic E-state index is -3.27. The number of hydrogen-bond donors (Lipinski definition) is 2. The van der Waals surface area contributed by atoms with Gasteiger partial charge in [0.25, 0.3) is 0 Å². The Morgan fingerprint density at radius 2 is 1.69 bits per heavy atom. The molecule has 0 saturated heterocycles. The first-order chi connectivity index (χ1) is 15.1. The standard InChI is InChI=1S/C24H32N4O3S/c1-24(2,3)23-26-22(27-31-23)11-6-5-7-16-25-21-10-8-9-19(17-21)18-12-14-20(15-13-18)28-32(4,29)30/h8-10,12-15,17,25,28H,5-7,11,16H2,1-4H3. The zero-order chi connectivity index (χ0) is 23.2. The van der Waals surface area contributed by atoms with Crippen molar-refractivity contribution in [1.29, 1.82) is 0 Å². The second-order valence-electron chi connectivity index (χ2n) is 9.04. The summed E-state index contributed by atoms with van der Waals surface area (Å²) in [7, 11) is -3.27. The molecular formula is C24H32N4O3S. The second-order valence-corrected chi connectivity index (χ2v) is 10.8. The molecule has 0 radical (unpaired) electrons. The highest BCUT2D eigenvalue weighted by atomic mass is 32.2. The highest BCUT2D eigenvalue weighted by Gasteiger charge is 2.21. The molecule has 2 aromatic carbocycles. The van der Waals surface area contributed by atoms with Gasteiger partial charge in [-0.1, -0.05) is 56.6 Å². The normalized spacial score (nSPS) is 12.0. The molecule has 7 nitrogen and oxygen atoms in total. The predicted octanol–water partition coefficient (Wildman–Crippen LogP) is 5.23. The SMILES string of the molecule is CC(C)(C)c1nc(CCCCCNc2cccc(-c3ccc(NS(C)(=O)=O)cc3)c2)no1. The Hall–Kier alpha value is -2.87. The van der Waals surface area contributed by atoms with Gasteiger partial charge in [-0.2, -0.15) is 4.98 Å². The molecule has 0 aliphatic rings. The third-order valence-corrected chi connectivity index (χ3v) is 5.51. The van der Waals surface area contributed by atoms with Crippen LogP contribution in [-0.4, -0.2) is 31.4 Å². The van der Waals surface area contributed by atoms with Crippen LogP contribution in [0.2, 0.25) is 0 Å². The largest absolute Gasteiger partial charge is 0.385 e. The summed E-state index contributed by atoms with van der Waals surface area (Å²) in [5, 5.41) is 7.55. The number of nitrogens with zero attached hydrogens (tertiary/aromatic N) is 2. The van der Waals surface area contributed by atoms with Crippen LogP contribution < -0.4 is 10.0 Å². The molecule has 0 aliphatic carbocycles. The molecule has 0 aliphatic heterocycles. The Bertz CT molecular complexity index is 1120. The summed E-state index contributed by atoms with van der Waals surface area (Å²) >= 11 is 0. The summed E-state index contributed by atoms with van der Waals surface area (Å²) in [6.07, 6.45) is 5.14. The third kappa shape index (κ3) is 7.37. The number of aromatic nitrogens is 2. The van der Waals surface area contributed by atoms with Gasteiger partial charge in [0.05, 0.1) is 6.26 Å². The first kappa shape index (κ1) is 23.8. The van der Waals surface area contributed by atoms with Crippen LogP contribution >= 0.6 is 0 Å². The van der Waals surface area contributed by atoms with Gasteiger partial charge in [0.1, 0.15) is 0 Å². The lowest BCUT2D eigenvalue weighted by Crippen LogP contribution is -2.11. The molecule has 2 N–H and O–H groups in total. The summed E-state index contributed by atoms with van der Waals surface area (Å²) in [5.74, 6) is 1.48. The van der Waals surface area contributed by atoms with Crippen molar-refractivity contribution >= 4 is 21.4 Å². The van der Waals surface area contributed by atoms with Gasteiger partial charge in [0.2, 0.25) is 15.9 Å². The van der Waals surface area contributed by atoms with Crippen molar-refractivity contribution in [1.82, 2.24) is 10.1 Å². The lowest BCUT2D eigenvalue weighted by Gasteiger charge is -2.10. The molecule has 172 valence electrons. The first-order valence-electron chi connectivity index (χ1n) is 10.9. The Balaban J connectivity index is 1.44. The predicted molar refractivity (Wildman–Crippen MR) is 129 cm³/mol. The fourth-order valence-corrected chi connectivity index (χ4v) is 3.80. The molecule has 1 heterocycles. The lowest BCUT2D eigenvalue weighted by molar-refractivity contribution is 0.318. The van der Waals surface area contributed by atoms with E-state index in [9.17, 15) is 8.42 Å². The van der Waals surface area contributed by atoms with E-state index in [2.05, 4.69) is 53.1 Å². The summed E-state index contributed by atoms with van der Waals surface area (Å²) in [5.41, 5.74) is 3.61. The lowest BCUT2D eigenvalue weighted by atomic mass is 9.97. The third-order valence-electron chi connectivity index (χ3n) is 4.90. The van der Waals surface area contributed by atoms with E-state index < -0.39 is 10.0 Å². The Morgan fingerprint density at radius 1 is 0.938 bits per heavy atom. The van der Waals surface area contributed by atoms with Crippen LogP contribution in [0.4, 0.5) is 11.4 Å². The van der Waals surface area contributed by atoms with Crippen molar-refractivity contribution in [3.63, 3.8) is 0 Å². The van der Waals surface area contributed by atoms with Crippen molar-refractivity contribution in [3.05, 3.63) is 60.2 Å². The van der Waals surface area contributed by atoms with E-state index in [4.69, 9.17) is 4.52 Å². The van der Waals surface area contributed by atoms with E-state index in [1.54, 1.807) is 12.1 Å². The van der Waals surface area contributed by atoms with Crippen LogP contribution in [0.5, 0.6) is 0 Å². The van der Waals surface area contributed by atoms with Gasteiger partial charge in [-0.15, -0.1) is 0 Å². The maximum Gasteiger partial charge on any atom is 0.232 e. The van der Waals surface area contributed by atoms with E-state index in [0.717, 1.165) is 61.1 Å². The molecule has 8 heteroatoms. The van der Waals surface area contributed by atoms with E-state index in [1.165, 1.54) is 0 Å². The van der Waals surface area contributed by atoms with Gasteiger partial charge in [-0.25, -0.2) is 8.42 Å². The molecule has 0 unspecified atom stereocenters. The van der Waals surface area contributed by atoms with Crippen LogP contribution in [0.15, 0.2) is 53.1 Å².